The minimum Gasteiger partial charge on any atom is -0.396 e. The van der Waals surface area contributed by atoms with Gasteiger partial charge >= 0.3 is 0 Å². The van der Waals surface area contributed by atoms with Crippen molar-refractivity contribution in [1.82, 2.24) is 0 Å². The van der Waals surface area contributed by atoms with Gasteiger partial charge in [-0.05, 0) is 79.4 Å². The Labute approximate surface area is 139 Å². The van der Waals surface area contributed by atoms with Gasteiger partial charge in [0.2, 0.25) is 0 Å². The SMILES string of the molecule is C[C@]12C[C@H](CO)C(=O)C[C@H]1CC[C@@H]1[C@@H]2CC[C@]2(C)[C@@H](O)CC[C@@H]12. The van der Waals surface area contributed by atoms with Crippen molar-refractivity contribution in [2.24, 2.45) is 40.4 Å². The molecule has 0 aliphatic heterocycles. The highest BCUT2D eigenvalue weighted by molar-refractivity contribution is 5.82. The molecular weight excluding hydrogens is 288 g/mol. The van der Waals surface area contributed by atoms with Gasteiger partial charge in [0.1, 0.15) is 5.78 Å². The molecule has 0 aromatic carbocycles. The van der Waals surface area contributed by atoms with E-state index >= 15 is 0 Å². The maximum absolute atomic E-state index is 12.3. The van der Waals surface area contributed by atoms with E-state index in [1.54, 1.807) is 0 Å². The topological polar surface area (TPSA) is 57.5 Å². The van der Waals surface area contributed by atoms with Gasteiger partial charge in [0.15, 0.2) is 0 Å². The fourth-order valence-electron chi connectivity index (χ4n) is 7.38. The summed E-state index contributed by atoms with van der Waals surface area (Å²) in [6.07, 6.45) is 8.38. The van der Waals surface area contributed by atoms with Crippen LogP contribution < -0.4 is 0 Å². The summed E-state index contributed by atoms with van der Waals surface area (Å²) in [6, 6.07) is 0. The Morgan fingerprint density at radius 3 is 2.52 bits per heavy atom. The maximum atomic E-state index is 12.3. The predicted octanol–water partition coefficient (Wildman–Crippen LogP) is 3.18. The summed E-state index contributed by atoms with van der Waals surface area (Å²) in [7, 11) is 0. The first-order valence-corrected chi connectivity index (χ1v) is 9.72. The number of aliphatic hydroxyl groups is 2. The number of aliphatic hydroxyl groups excluding tert-OH is 2. The largest absolute Gasteiger partial charge is 0.396 e. The molecular formula is C20H32O3. The molecule has 0 amide bonds. The number of hydrogen-bond donors (Lipinski definition) is 2. The van der Waals surface area contributed by atoms with E-state index < -0.39 is 0 Å². The molecule has 4 aliphatic rings. The van der Waals surface area contributed by atoms with Crippen LogP contribution in [0.25, 0.3) is 0 Å². The van der Waals surface area contributed by atoms with Crippen molar-refractivity contribution in [3.63, 3.8) is 0 Å². The number of Topliss-reactive ketones (excluding diaryl/α,β-unsaturated/α-hetero) is 1. The van der Waals surface area contributed by atoms with E-state index in [-0.39, 0.29) is 29.5 Å². The van der Waals surface area contributed by atoms with Gasteiger partial charge < -0.3 is 10.2 Å². The van der Waals surface area contributed by atoms with Gasteiger partial charge in [-0.25, -0.2) is 0 Å². The number of carbonyl (C=O) groups excluding carboxylic acids is 1. The number of ketones is 1. The van der Waals surface area contributed by atoms with E-state index in [1.165, 1.54) is 25.7 Å². The summed E-state index contributed by atoms with van der Waals surface area (Å²) >= 11 is 0. The Kier molecular flexibility index (Phi) is 3.70. The number of rotatable bonds is 1. The summed E-state index contributed by atoms with van der Waals surface area (Å²) in [6.45, 7) is 4.76. The van der Waals surface area contributed by atoms with Gasteiger partial charge in [-0.3, -0.25) is 4.79 Å². The summed E-state index contributed by atoms with van der Waals surface area (Å²) in [5, 5.41) is 20.1. The molecule has 4 fully saturated rings. The minimum atomic E-state index is -0.127. The molecule has 8 atom stereocenters. The van der Waals surface area contributed by atoms with Crippen molar-refractivity contribution in [2.45, 2.75) is 71.3 Å². The first kappa shape index (κ1) is 16.1. The highest BCUT2D eigenvalue weighted by Gasteiger charge is 2.60. The molecule has 0 saturated heterocycles. The van der Waals surface area contributed by atoms with Crippen LogP contribution in [0.3, 0.4) is 0 Å². The van der Waals surface area contributed by atoms with Gasteiger partial charge in [-0.2, -0.15) is 0 Å². The third kappa shape index (κ3) is 2.12. The van der Waals surface area contributed by atoms with Gasteiger partial charge in [0, 0.05) is 12.3 Å². The molecule has 0 aromatic rings. The second-order valence-electron chi connectivity index (χ2n) is 9.55. The van der Waals surface area contributed by atoms with Crippen LogP contribution >= 0.6 is 0 Å². The zero-order chi connectivity index (χ0) is 16.4. The Hall–Kier alpha value is -0.410. The van der Waals surface area contributed by atoms with Crippen LogP contribution in [0.2, 0.25) is 0 Å². The lowest BCUT2D eigenvalue weighted by Crippen LogP contribution is -2.55. The van der Waals surface area contributed by atoms with Crippen LogP contribution in [0.5, 0.6) is 0 Å². The van der Waals surface area contributed by atoms with Gasteiger partial charge in [0.05, 0.1) is 12.7 Å². The first-order valence-electron chi connectivity index (χ1n) is 9.72. The third-order valence-corrected chi connectivity index (χ3v) is 8.82. The summed E-state index contributed by atoms with van der Waals surface area (Å²) in [4.78, 5) is 12.3. The van der Waals surface area contributed by atoms with Gasteiger partial charge in [-0.1, -0.05) is 13.8 Å². The Bertz CT molecular complexity index is 503. The average molecular weight is 320 g/mol. The molecule has 3 heteroatoms. The monoisotopic (exact) mass is 320 g/mol. The molecule has 3 nitrogen and oxygen atoms in total. The van der Waals surface area contributed by atoms with Crippen molar-refractivity contribution in [3.05, 3.63) is 0 Å². The van der Waals surface area contributed by atoms with Crippen LogP contribution in [0.4, 0.5) is 0 Å². The molecule has 4 saturated carbocycles. The fourth-order valence-corrected chi connectivity index (χ4v) is 7.38. The van der Waals surface area contributed by atoms with Crippen LogP contribution in [0, 0.1) is 40.4 Å². The van der Waals surface area contributed by atoms with Crippen molar-refractivity contribution in [3.8, 4) is 0 Å². The fraction of sp³-hybridized carbons (Fsp3) is 0.950. The van der Waals surface area contributed by atoms with Crippen molar-refractivity contribution in [1.29, 1.82) is 0 Å². The van der Waals surface area contributed by atoms with Crippen LogP contribution in [0.15, 0.2) is 0 Å². The van der Waals surface area contributed by atoms with Gasteiger partial charge in [-0.15, -0.1) is 0 Å². The molecule has 0 spiro atoms. The first-order chi connectivity index (χ1) is 10.9. The molecule has 0 heterocycles. The molecule has 130 valence electrons. The molecule has 0 bridgehead atoms. The van der Waals surface area contributed by atoms with E-state index in [2.05, 4.69) is 13.8 Å². The van der Waals surface area contributed by atoms with Crippen molar-refractivity contribution in [2.75, 3.05) is 6.61 Å². The zero-order valence-electron chi connectivity index (χ0n) is 14.6. The van der Waals surface area contributed by atoms with E-state index in [4.69, 9.17) is 0 Å². The average Bonchev–Trinajstić information content (AvgIpc) is 2.83. The zero-order valence-corrected chi connectivity index (χ0v) is 14.6. The lowest BCUT2D eigenvalue weighted by Gasteiger charge is -2.60. The van der Waals surface area contributed by atoms with E-state index in [0.29, 0.717) is 30.0 Å². The van der Waals surface area contributed by atoms with Crippen molar-refractivity contribution >= 4 is 5.78 Å². The highest BCUT2D eigenvalue weighted by atomic mass is 16.3. The summed E-state index contributed by atoms with van der Waals surface area (Å²) in [5.41, 5.74) is 0.352. The number of carbonyl (C=O) groups is 1. The van der Waals surface area contributed by atoms with E-state index in [0.717, 1.165) is 25.2 Å². The van der Waals surface area contributed by atoms with Crippen molar-refractivity contribution < 1.29 is 15.0 Å². The Morgan fingerprint density at radius 2 is 1.78 bits per heavy atom. The lowest BCUT2D eigenvalue weighted by atomic mass is 9.44. The Balaban J connectivity index is 1.64. The molecule has 0 aromatic heterocycles. The number of fused-ring (bicyclic) bond motifs is 5. The normalized spacial score (nSPS) is 55.9. The third-order valence-electron chi connectivity index (χ3n) is 8.82. The second kappa shape index (κ2) is 5.29. The smallest absolute Gasteiger partial charge is 0.138 e. The number of hydrogen-bond acceptors (Lipinski definition) is 3. The van der Waals surface area contributed by atoms with Gasteiger partial charge in [0.25, 0.3) is 0 Å². The molecule has 23 heavy (non-hydrogen) atoms. The standard InChI is InChI=1S/C20H32O3/c1-19-8-7-16-14(15(19)5-6-18(19)23)4-3-13-9-17(22)12(11-21)10-20(13,16)2/h12-16,18,21,23H,3-11H2,1-2H3/t12-,13-,14+,15+,16+,18+,19+,20+/m1/s1. The molecule has 4 rings (SSSR count). The lowest BCUT2D eigenvalue weighted by molar-refractivity contribution is -0.152. The van der Waals surface area contributed by atoms with E-state index in [9.17, 15) is 15.0 Å². The highest BCUT2D eigenvalue weighted by Crippen LogP contribution is 2.66. The molecule has 0 radical (unpaired) electrons. The quantitative estimate of drug-likeness (QED) is 0.780. The molecule has 4 aliphatic carbocycles. The second-order valence-corrected chi connectivity index (χ2v) is 9.55. The maximum Gasteiger partial charge on any atom is 0.138 e. The van der Waals surface area contributed by atoms with Crippen LogP contribution in [-0.2, 0) is 4.79 Å². The predicted molar refractivity (Wildman–Crippen MR) is 88.7 cm³/mol. The summed E-state index contributed by atoms with van der Waals surface area (Å²) in [5.74, 6) is 2.77. The van der Waals surface area contributed by atoms with Crippen LogP contribution in [-0.4, -0.2) is 28.7 Å². The molecule has 2 N–H and O–H groups in total. The van der Waals surface area contributed by atoms with E-state index in [1.807, 2.05) is 0 Å². The summed E-state index contributed by atoms with van der Waals surface area (Å²) < 4.78 is 0. The van der Waals surface area contributed by atoms with Crippen LogP contribution in [0.1, 0.15) is 65.2 Å². The Morgan fingerprint density at radius 1 is 1.04 bits per heavy atom. The molecule has 0 unspecified atom stereocenters. The minimum absolute atomic E-state index is 0.0262.